The number of aliphatic hydroxyl groups is 1. The molecular weight excluding hydrogens is 250 g/mol. The molecule has 0 bridgehead atoms. The number of esters is 1. The summed E-state index contributed by atoms with van der Waals surface area (Å²) in [4.78, 5) is 25.1. The molecule has 0 radical (unpaired) electrons. The molecule has 1 fully saturated rings. The standard InChI is InChI=1S/C13H23NO5/c1-5-18-12(17)14-7-6-10(15)9(8-14)11(16)19-13(2,3)4/h9-10,15H,5-8H2,1-4H3/t9-,10+/m1/s1. The second-order valence-electron chi connectivity index (χ2n) is 5.64. The summed E-state index contributed by atoms with van der Waals surface area (Å²) in [6, 6.07) is 0. The minimum atomic E-state index is -0.777. The van der Waals surface area contributed by atoms with Gasteiger partial charge in [-0.15, -0.1) is 0 Å². The number of amides is 1. The first-order valence-electron chi connectivity index (χ1n) is 6.57. The Hall–Kier alpha value is -1.30. The lowest BCUT2D eigenvalue weighted by molar-refractivity contribution is -0.166. The summed E-state index contributed by atoms with van der Waals surface area (Å²) < 4.78 is 10.2. The lowest BCUT2D eigenvalue weighted by Gasteiger charge is -2.35. The molecule has 0 aromatic carbocycles. The van der Waals surface area contributed by atoms with Crippen molar-refractivity contribution in [3.63, 3.8) is 0 Å². The van der Waals surface area contributed by atoms with E-state index in [1.54, 1.807) is 27.7 Å². The predicted molar refractivity (Wildman–Crippen MR) is 68.6 cm³/mol. The number of likely N-dealkylation sites (tertiary alicyclic amines) is 1. The molecule has 1 N–H and O–H groups in total. The minimum Gasteiger partial charge on any atom is -0.460 e. The fourth-order valence-electron chi connectivity index (χ4n) is 1.93. The second-order valence-corrected chi connectivity index (χ2v) is 5.64. The van der Waals surface area contributed by atoms with Gasteiger partial charge in [0.25, 0.3) is 0 Å². The highest BCUT2D eigenvalue weighted by atomic mass is 16.6. The van der Waals surface area contributed by atoms with Gasteiger partial charge in [-0.3, -0.25) is 4.79 Å². The third kappa shape index (κ3) is 4.70. The largest absolute Gasteiger partial charge is 0.460 e. The molecule has 1 rings (SSSR count). The maximum atomic E-state index is 12.0. The lowest BCUT2D eigenvalue weighted by Crippen LogP contribution is -2.50. The van der Waals surface area contributed by atoms with Crippen LogP contribution < -0.4 is 0 Å². The van der Waals surface area contributed by atoms with Crippen LogP contribution in [0.2, 0.25) is 0 Å². The normalized spacial score (nSPS) is 23.9. The van der Waals surface area contributed by atoms with Crippen LogP contribution in [0, 0.1) is 5.92 Å². The molecule has 0 aromatic rings. The van der Waals surface area contributed by atoms with E-state index in [4.69, 9.17) is 9.47 Å². The maximum Gasteiger partial charge on any atom is 0.409 e. The Morgan fingerprint density at radius 3 is 2.53 bits per heavy atom. The summed E-state index contributed by atoms with van der Waals surface area (Å²) in [5, 5.41) is 9.89. The van der Waals surface area contributed by atoms with Crippen molar-refractivity contribution in [1.29, 1.82) is 0 Å². The van der Waals surface area contributed by atoms with Gasteiger partial charge in [0.2, 0.25) is 0 Å². The van der Waals surface area contributed by atoms with Gasteiger partial charge in [0.1, 0.15) is 11.5 Å². The third-order valence-corrected chi connectivity index (χ3v) is 2.81. The van der Waals surface area contributed by atoms with Gasteiger partial charge in [-0.25, -0.2) is 4.79 Å². The van der Waals surface area contributed by atoms with Crippen LogP contribution in [0.3, 0.4) is 0 Å². The van der Waals surface area contributed by atoms with E-state index in [2.05, 4.69) is 0 Å². The van der Waals surface area contributed by atoms with Crippen molar-refractivity contribution in [1.82, 2.24) is 4.90 Å². The predicted octanol–water partition coefficient (Wildman–Crippen LogP) is 1.17. The molecule has 0 unspecified atom stereocenters. The number of carbonyl (C=O) groups excluding carboxylic acids is 2. The fraction of sp³-hybridized carbons (Fsp3) is 0.846. The summed E-state index contributed by atoms with van der Waals surface area (Å²) in [6.45, 7) is 7.83. The number of rotatable bonds is 2. The van der Waals surface area contributed by atoms with Crippen LogP contribution in [0.1, 0.15) is 34.1 Å². The van der Waals surface area contributed by atoms with E-state index < -0.39 is 29.7 Å². The molecule has 6 heteroatoms. The van der Waals surface area contributed by atoms with Crippen molar-refractivity contribution >= 4 is 12.1 Å². The quantitative estimate of drug-likeness (QED) is 0.764. The van der Waals surface area contributed by atoms with Crippen LogP contribution in [0.4, 0.5) is 4.79 Å². The Morgan fingerprint density at radius 1 is 1.37 bits per heavy atom. The van der Waals surface area contributed by atoms with Crippen LogP contribution in [0.5, 0.6) is 0 Å². The zero-order chi connectivity index (χ0) is 14.6. The highest BCUT2D eigenvalue weighted by molar-refractivity contribution is 5.75. The molecule has 1 amide bonds. The second kappa shape index (κ2) is 6.23. The van der Waals surface area contributed by atoms with Crippen molar-refractivity contribution < 1.29 is 24.2 Å². The summed E-state index contributed by atoms with van der Waals surface area (Å²) in [5.74, 6) is -1.19. The molecule has 110 valence electrons. The number of ether oxygens (including phenoxy) is 2. The Labute approximate surface area is 113 Å². The van der Waals surface area contributed by atoms with Gasteiger partial charge in [0.05, 0.1) is 12.7 Å². The molecule has 0 saturated carbocycles. The molecule has 1 heterocycles. The van der Waals surface area contributed by atoms with Crippen molar-refractivity contribution in [2.24, 2.45) is 5.92 Å². The molecule has 19 heavy (non-hydrogen) atoms. The van der Waals surface area contributed by atoms with E-state index in [1.807, 2.05) is 0 Å². The number of hydrogen-bond donors (Lipinski definition) is 1. The topological polar surface area (TPSA) is 76.1 Å². The lowest BCUT2D eigenvalue weighted by atomic mass is 9.95. The van der Waals surface area contributed by atoms with Gasteiger partial charge in [0.15, 0.2) is 0 Å². The number of piperidine rings is 1. The monoisotopic (exact) mass is 273 g/mol. The number of nitrogens with zero attached hydrogens (tertiary/aromatic N) is 1. The Kier molecular flexibility index (Phi) is 5.17. The smallest absolute Gasteiger partial charge is 0.409 e. The van der Waals surface area contributed by atoms with Gasteiger partial charge in [-0.2, -0.15) is 0 Å². The van der Waals surface area contributed by atoms with Crippen LogP contribution in [0.15, 0.2) is 0 Å². The summed E-state index contributed by atoms with van der Waals surface area (Å²) in [6.07, 6.45) is -0.883. The first-order valence-corrected chi connectivity index (χ1v) is 6.57. The molecule has 2 atom stereocenters. The van der Waals surface area contributed by atoms with Gasteiger partial charge >= 0.3 is 12.1 Å². The molecule has 0 spiro atoms. The van der Waals surface area contributed by atoms with E-state index in [0.29, 0.717) is 13.0 Å². The van der Waals surface area contributed by atoms with E-state index in [-0.39, 0.29) is 13.2 Å². The van der Waals surface area contributed by atoms with E-state index in [9.17, 15) is 14.7 Å². The Morgan fingerprint density at radius 2 is 2.00 bits per heavy atom. The van der Waals surface area contributed by atoms with Crippen LogP contribution in [-0.4, -0.2) is 53.5 Å². The van der Waals surface area contributed by atoms with E-state index in [1.165, 1.54) is 4.90 Å². The fourth-order valence-corrected chi connectivity index (χ4v) is 1.93. The first-order chi connectivity index (χ1) is 8.74. The SMILES string of the molecule is CCOC(=O)N1CC[C@H](O)[C@H](C(=O)OC(C)(C)C)C1. The molecular formula is C13H23NO5. The highest BCUT2D eigenvalue weighted by Crippen LogP contribution is 2.21. The van der Waals surface area contributed by atoms with Crippen molar-refractivity contribution in [3.8, 4) is 0 Å². The van der Waals surface area contributed by atoms with Gasteiger partial charge in [-0.1, -0.05) is 0 Å². The molecule has 0 aromatic heterocycles. The highest BCUT2D eigenvalue weighted by Gasteiger charge is 2.37. The van der Waals surface area contributed by atoms with Gasteiger partial charge in [-0.05, 0) is 34.1 Å². The number of hydrogen-bond acceptors (Lipinski definition) is 5. The summed E-state index contributed by atoms with van der Waals surface area (Å²) in [7, 11) is 0. The Balaban J connectivity index is 2.65. The van der Waals surface area contributed by atoms with Crippen LogP contribution in [-0.2, 0) is 14.3 Å². The maximum absolute atomic E-state index is 12.0. The minimum absolute atomic E-state index is 0.134. The molecule has 1 aliphatic rings. The molecule has 0 aliphatic carbocycles. The van der Waals surface area contributed by atoms with Gasteiger partial charge in [0, 0.05) is 13.1 Å². The average Bonchev–Trinajstić information content (AvgIpc) is 2.27. The number of aliphatic hydroxyl groups excluding tert-OH is 1. The summed E-state index contributed by atoms with van der Waals surface area (Å²) >= 11 is 0. The molecule has 1 aliphatic heterocycles. The first kappa shape index (κ1) is 15.8. The summed E-state index contributed by atoms with van der Waals surface area (Å²) in [5.41, 5.74) is -0.608. The average molecular weight is 273 g/mol. The zero-order valence-corrected chi connectivity index (χ0v) is 12.0. The molecule has 6 nitrogen and oxygen atoms in total. The van der Waals surface area contributed by atoms with Crippen molar-refractivity contribution in [3.05, 3.63) is 0 Å². The van der Waals surface area contributed by atoms with Crippen molar-refractivity contribution in [2.75, 3.05) is 19.7 Å². The van der Waals surface area contributed by atoms with Gasteiger partial charge < -0.3 is 19.5 Å². The third-order valence-electron chi connectivity index (χ3n) is 2.81. The molecule has 1 saturated heterocycles. The van der Waals surface area contributed by atoms with Crippen LogP contribution >= 0.6 is 0 Å². The van der Waals surface area contributed by atoms with E-state index in [0.717, 1.165) is 0 Å². The number of carbonyl (C=O) groups is 2. The van der Waals surface area contributed by atoms with Crippen molar-refractivity contribution in [2.45, 2.75) is 45.8 Å². The van der Waals surface area contributed by atoms with E-state index >= 15 is 0 Å². The Bertz CT molecular complexity index is 336. The zero-order valence-electron chi connectivity index (χ0n) is 12.0. The van der Waals surface area contributed by atoms with Crippen LogP contribution in [0.25, 0.3) is 0 Å².